The number of halogens is 1. The van der Waals surface area contributed by atoms with Gasteiger partial charge < -0.3 is 19.5 Å². The quantitative estimate of drug-likeness (QED) is 0.261. The molecular formula is C23H23ClN2O5. The number of nitriles is 1. The topological polar surface area (TPSA) is 97.7 Å². The molecule has 0 aromatic heterocycles. The van der Waals surface area contributed by atoms with Crippen molar-refractivity contribution < 1.29 is 23.8 Å². The third-order valence-corrected chi connectivity index (χ3v) is 4.54. The number of rotatable bonds is 10. The van der Waals surface area contributed by atoms with E-state index in [2.05, 4.69) is 10.1 Å². The van der Waals surface area contributed by atoms with E-state index in [1.165, 1.54) is 31.9 Å². The predicted molar refractivity (Wildman–Crippen MR) is 117 cm³/mol. The van der Waals surface area contributed by atoms with Gasteiger partial charge in [-0.15, -0.1) is 0 Å². The molecule has 0 bridgehead atoms. The average molecular weight is 443 g/mol. The monoisotopic (exact) mass is 442 g/mol. The van der Waals surface area contributed by atoms with Crippen molar-refractivity contribution in [2.75, 3.05) is 27.4 Å². The van der Waals surface area contributed by atoms with Gasteiger partial charge in [-0.2, -0.15) is 5.26 Å². The van der Waals surface area contributed by atoms with Crippen LogP contribution in [0.25, 0.3) is 6.08 Å². The molecule has 0 aliphatic carbocycles. The van der Waals surface area contributed by atoms with Gasteiger partial charge in [0.05, 0.1) is 19.2 Å². The highest BCUT2D eigenvalue weighted by atomic mass is 35.5. The summed E-state index contributed by atoms with van der Waals surface area (Å²) in [5, 5.41) is 12.3. The summed E-state index contributed by atoms with van der Waals surface area (Å²) in [6.07, 6.45) is 2.98. The zero-order valence-electron chi connectivity index (χ0n) is 17.3. The van der Waals surface area contributed by atoms with Crippen LogP contribution < -0.4 is 14.8 Å². The summed E-state index contributed by atoms with van der Waals surface area (Å²) < 4.78 is 15.1. The number of nitrogens with one attached hydrogen (secondary N) is 1. The first-order valence-electron chi connectivity index (χ1n) is 9.49. The molecule has 0 aliphatic rings. The second kappa shape index (κ2) is 12.3. The number of methoxy groups -OCH3 is 2. The normalized spacial score (nSPS) is 10.7. The summed E-state index contributed by atoms with van der Waals surface area (Å²) in [6.45, 7) is 0.105. The van der Waals surface area contributed by atoms with E-state index in [0.29, 0.717) is 12.1 Å². The molecule has 0 radical (unpaired) electrons. The number of nitrogens with zero attached hydrogens (tertiary/aromatic N) is 1. The molecule has 2 aromatic carbocycles. The highest BCUT2D eigenvalue weighted by molar-refractivity contribution is 6.32. The van der Waals surface area contributed by atoms with Crippen molar-refractivity contribution in [1.29, 1.82) is 5.26 Å². The number of benzene rings is 2. The molecule has 1 N–H and O–H groups in total. The van der Waals surface area contributed by atoms with E-state index in [1.54, 1.807) is 6.07 Å². The van der Waals surface area contributed by atoms with Gasteiger partial charge in [-0.1, -0.05) is 41.9 Å². The lowest BCUT2D eigenvalue weighted by Crippen LogP contribution is -2.25. The summed E-state index contributed by atoms with van der Waals surface area (Å²) in [7, 11) is 2.66. The smallest absolute Gasteiger partial charge is 0.343 e. The Labute approximate surface area is 186 Å². The second-order valence-corrected chi connectivity index (χ2v) is 6.82. The molecule has 0 fully saturated rings. The van der Waals surface area contributed by atoms with Crippen molar-refractivity contribution in [3.8, 4) is 17.6 Å². The van der Waals surface area contributed by atoms with Gasteiger partial charge in [0.15, 0.2) is 18.1 Å². The van der Waals surface area contributed by atoms with Gasteiger partial charge in [0.2, 0.25) is 0 Å². The second-order valence-electron chi connectivity index (χ2n) is 6.41. The Morgan fingerprint density at radius 3 is 2.58 bits per heavy atom. The largest absolute Gasteiger partial charge is 0.493 e. The molecule has 2 rings (SSSR count). The van der Waals surface area contributed by atoms with Crippen molar-refractivity contribution in [3.63, 3.8) is 0 Å². The molecule has 0 saturated carbocycles. The van der Waals surface area contributed by atoms with Crippen LogP contribution in [-0.2, 0) is 20.7 Å². The number of hydrogen-bond acceptors (Lipinski definition) is 6. The minimum absolute atomic E-state index is 0.0685. The molecule has 0 aliphatic heterocycles. The minimum atomic E-state index is -0.571. The van der Waals surface area contributed by atoms with Crippen molar-refractivity contribution in [2.24, 2.45) is 0 Å². The Hall–Kier alpha value is -3.50. The third-order valence-electron chi connectivity index (χ3n) is 4.26. The van der Waals surface area contributed by atoms with Crippen LogP contribution in [0.3, 0.4) is 0 Å². The predicted octanol–water partition coefficient (Wildman–Crippen LogP) is 3.56. The molecular weight excluding hydrogens is 420 g/mol. The zero-order valence-corrected chi connectivity index (χ0v) is 18.1. The van der Waals surface area contributed by atoms with Gasteiger partial charge in [0.1, 0.15) is 11.6 Å². The van der Waals surface area contributed by atoms with Crippen LogP contribution >= 0.6 is 11.6 Å². The maximum absolute atomic E-state index is 12.4. The maximum Gasteiger partial charge on any atom is 0.343 e. The zero-order chi connectivity index (χ0) is 22.6. The number of carbonyl (C=O) groups is 2. The lowest BCUT2D eigenvalue weighted by molar-refractivity contribution is -0.142. The fourth-order valence-electron chi connectivity index (χ4n) is 2.70. The van der Waals surface area contributed by atoms with Crippen LogP contribution in [0.15, 0.2) is 48.0 Å². The number of ether oxygens (including phenoxy) is 3. The Balaban J connectivity index is 2.04. The van der Waals surface area contributed by atoms with Crippen LogP contribution in [0.2, 0.25) is 5.02 Å². The Morgan fingerprint density at radius 1 is 1.19 bits per heavy atom. The van der Waals surface area contributed by atoms with Gasteiger partial charge >= 0.3 is 5.97 Å². The van der Waals surface area contributed by atoms with Gasteiger partial charge in [0, 0.05) is 6.54 Å². The summed E-state index contributed by atoms with van der Waals surface area (Å²) in [4.78, 5) is 23.7. The molecule has 7 nitrogen and oxygen atoms in total. The highest BCUT2D eigenvalue weighted by Crippen LogP contribution is 2.37. The van der Waals surface area contributed by atoms with Gasteiger partial charge in [-0.05, 0) is 42.2 Å². The minimum Gasteiger partial charge on any atom is -0.493 e. The fourth-order valence-corrected chi connectivity index (χ4v) is 2.98. The van der Waals surface area contributed by atoms with Gasteiger partial charge in [-0.25, -0.2) is 4.79 Å². The summed E-state index contributed by atoms with van der Waals surface area (Å²) >= 11 is 6.24. The SMILES string of the molecule is COC(=O)COc1c(Cl)cc(/C=C(/C#N)C(=O)NCCCc2ccccc2)cc1OC. The first-order chi connectivity index (χ1) is 15.0. The average Bonchev–Trinajstić information content (AvgIpc) is 2.79. The van der Waals surface area contributed by atoms with Crippen molar-refractivity contribution in [2.45, 2.75) is 12.8 Å². The number of aryl methyl sites for hydroxylation is 1. The molecule has 1 amide bonds. The Kier molecular flexibility index (Phi) is 9.40. The summed E-state index contributed by atoms with van der Waals surface area (Å²) in [5.74, 6) is -0.631. The number of esters is 1. The van der Waals surface area contributed by atoms with Crippen LogP contribution in [0.5, 0.6) is 11.5 Å². The summed E-state index contributed by atoms with van der Waals surface area (Å²) in [6, 6.07) is 14.9. The molecule has 8 heteroatoms. The maximum atomic E-state index is 12.4. The van der Waals surface area contributed by atoms with E-state index in [9.17, 15) is 14.9 Å². The molecule has 31 heavy (non-hydrogen) atoms. The standard InChI is InChI=1S/C23H23ClN2O5/c1-29-20-13-17(12-19(24)22(20)31-15-21(27)30-2)11-18(14-25)23(28)26-10-6-9-16-7-4-3-5-8-16/h3-5,7-8,11-13H,6,9-10,15H2,1-2H3,(H,26,28)/b18-11-. The Morgan fingerprint density at radius 2 is 1.94 bits per heavy atom. The molecule has 0 saturated heterocycles. The van der Waals surface area contributed by atoms with Crippen molar-refractivity contribution >= 4 is 29.6 Å². The molecule has 0 atom stereocenters. The highest BCUT2D eigenvalue weighted by Gasteiger charge is 2.15. The van der Waals surface area contributed by atoms with Crippen LogP contribution in [0.4, 0.5) is 0 Å². The molecule has 162 valence electrons. The first-order valence-corrected chi connectivity index (χ1v) is 9.87. The van der Waals surface area contributed by atoms with Crippen molar-refractivity contribution in [3.05, 3.63) is 64.2 Å². The van der Waals surface area contributed by atoms with E-state index in [4.69, 9.17) is 21.1 Å². The number of amides is 1. The molecule has 0 spiro atoms. The lowest BCUT2D eigenvalue weighted by atomic mass is 10.1. The number of hydrogen-bond donors (Lipinski definition) is 1. The van der Waals surface area contributed by atoms with Crippen LogP contribution in [0, 0.1) is 11.3 Å². The van der Waals surface area contributed by atoms with E-state index in [0.717, 1.165) is 12.8 Å². The molecule has 0 heterocycles. The van der Waals surface area contributed by atoms with E-state index >= 15 is 0 Å². The first kappa shape index (κ1) is 23.8. The van der Waals surface area contributed by atoms with Gasteiger partial charge in [-0.3, -0.25) is 4.79 Å². The molecule has 0 unspecified atom stereocenters. The van der Waals surface area contributed by atoms with E-state index in [1.807, 2.05) is 36.4 Å². The molecule has 2 aromatic rings. The van der Waals surface area contributed by atoms with Gasteiger partial charge in [0.25, 0.3) is 5.91 Å². The summed E-state index contributed by atoms with van der Waals surface area (Å²) in [5.41, 5.74) is 1.59. The van der Waals surface area contributed by atoms with E-state index < -0.39 is 11.9 Å². The fraction of sp³-hybridized carbons (Fsp3) is 0.261. The van der Waals surface area contributed by atoms with Crippen molar-refractivity contribution in [1.82, 2.24) is 5.32 Å². The lowest BCUT2D eigenvalue weighted by Gasteiger charge is -2.12. The third kappa shape index (κ3) is 7.36. The van der Waals surface area contributed by atoms with E-state index in [-0.39, 0.29) is 28.7 Å². The Bertz CT molecular complexity index is 983. The number of carbonyl (C=O) groups excluding carboxylic acids is 2. The van der Waals surface area contributed by atoms with Crippen LogP contribution in [-0.4, -0.2) is 39.2 Å². The van der Waals surface area contributed by atoms with Crippen LogP contribution in [0.1, 0.15) is 17.5 Å².